The molecule has 0 aliphatic rings. The van der Waals surface area contributed by atoms with Gasteiger partial charge in [0, 0.05) is 13.1 Å². The summed E-state index contributed by atoms with van der Waals surface area (Å²) in [4.78, 5) is 0.147. The number of hydrogen-bond donors (Lipinski definition) is 2. The highest BCUT2D eigenvalue weighted by atomic mass is 32.2. The minimum atomic E-state index is -3.64. The standard InChI is InChI=1S/C16H20N2O2S/c1-12-5-3-6-13(2)16(12)11-18-10-14-7-4-8-15(9-14)21(17,19)20/h3-9,18H,10-11H2,1-2H3,(H2,17,19,20). The number of benzene rings is 2. The van der Waals surface area contributed by atoms with E-state index < -0.39 is 10.0 Å². The molecule has 112 valence electrons. The Bertz CT molecular complexity index is 719. The van der Waals surface area contributed by atoms with Crippen LogP contribution in [0.3, 0.4) is 0 Å². The highest BCUT2D eigenvalue weighted by Crippen LogP contribution is 2.14. The molecule has 0 bridgehead atoms. The van der Waals surface area contributed by atoms with Gasteiger partial charge in [-0.1, -0.05) is 30.3 Å². The zero-order valence-corrected chi connectivity index (χ0v) is 13.1. The third-order valence-electron chi connectivity index (χ3n) is 3.50. The summed E-state index contributed by atoms with van der Waals surface area (Å²) >= 11 is 0. The van der Waals surface area contributed by atoms with Crippen molar-refractivity contribution in [1.29, 1.82) is 0 Å². The molecule has 0 atom stereocenters. The van der Waals surface area contributed by atoms with Crippen LogP contribution < -0.4 is 10.5 Å². The molecule has 21 heavy (non-hydrogen) atoms. The van der Waals surface area contributed by atoms with Gasteiger partial charge in [0.15, 0.2) is 0 Å². The van der Waals surface area contributed by atoms with Gasteiger partial charge in [0.1, 0.15) is 0 Å². The molecule has 4 nitrogen and oxygen atoms in total. The number of sulfonamides is 1. The fourth-order valence-corrected chi connectivity index (χ4v) is 2.88. The number of nitrogens with one attached hydrogen (secondary N) is 1. The topological polar surface area (TPSA) is 72.2 Å². The van der Waals surface area contributed by atoms with Crippen molar-refractivity contribution in [3.63, 3.8) is 0 Å². The number of hydrogen-bond acceptors (Lipinski definition) is 3. The van der Waals surface area contributed by atoms with Crippen molar-refractivity contribution in [2.75, 3.05) is 0 Å². The first-order valence-corrected chi connectivity index (χ1v) is 8.30. The lowest BCUT2D eigenvalue weighted by Crippen LogP contribution is -2.16. The van der Waals surface area contributed by atoms with Crippen LogP contribution in [0.5, 0.6) is 0 Å². The molecule has 0 fully saturated rings. The lowest BCUT2D eigenvalue weighted by molar-refractivity contribution is 0.597. The van der Waals surface area contributed by atoms with E-state index >= 15 is 0 Å². The Labute approximate surface area is 126 Å². The van der Waals surface area contributed by atoms with Crippen molar-refractivity contribution in [2.45, 2.75) is 31.8 Å². The van der Waals surface area contributed by atoms with Crippen molar-refractivity contribution in [2.24, 2.45) is 5.14 Å². The van der Waals surface area contributed by atoms with E-state index in [0.717, 1.165) is 12.1 Å². The normalized spacial score (nSPS) is 11.6. The second-order valence-corrected chi connectivity index (χ2v) is 6.73. The van der Waals surface area contributed by atoms with E-state index in [1.807, 2.05) is 12.1 Å². The molecule has 0 spiro atoms. The van der Waals surface area contributed by atoms with Crippen LogP contribution in [0.1, 0.15) is 22.3 Å². The Morgan fingerprint density at radius 1 is 1.00 bits per heavy atom. The maximum Gasteiger partial charge on any atom is 0.238 e. The van der Waals surface area contributed by atoms with Crippen molar-refractivity contribution in [3.8, 4) is 0 Å². The summed E-state index contributed by atoms with van der Waals surface area (Å²) in [5.41, 5.74) is 4.68. The van der Waals surface area contributed by atoms with Gasteiger partial charge in [0.2, 0.25) is 10.0 Å². The van der Waals surface area contributed by atoms with E-state index in [2.05, 4.69) is 31.3 Å². The predicted molar refractivity (Wildman–Crippen MR) is 84.3 cm³/mol. The number of primary sulfonamides is 1. The second kappa shape index (κ2) is 6.39. The lowest BCUT2D eigenvalue weighted by Gasteiger charge is -2.11. The van der Waals surface area contributed by atoms with Gasteiger partial charge in [0.25, 0.3) is 0 Å². The van der Waals surface area contributed by atoms with E-state index in [1.54, 1.807) is 12.1 Å². The molecule has 0 unspecified atom stereocenters. The summed E-state index contributed by atoms with van der Waals surface area (Å²) in [5, 5.41) is 8.48. The summed E-state index contributed by atoms with van der Waals surface area (Å²) in [6.45, 7) is 5.52. The van der Waals surface area contributed by atoms with Crippen LogP contribution in [-0.2, 0) is 23.1 Å². The molecule has 0 amide bonds. The Balaban J connectivity index is 2.04. The van der Waals surface area contributed by atoms with E-state index in [4.69, 9.17) is 5.14 Å². The molecule has 5 heteroatoms. The third-order valence-corrected chi connectivity index (χ3v) is 4.41. The highest BCUT2D eigenvalue weighted by molar-refractivity contribution is 7.89. The number of aryl methyl sites for hydroxylation is 2. The highest BCUT2D eigenvalue weighted by Gasteiger charge is 2.08. The molecule has 0 aliphatic heterocycles. The van der Waals surface area contributed by atoms with Crippen molar-refractivity contribution in [3.05, 3.63) is 64.7 Å². The van der Waals surface area contributed by atoms with Crippen molar-refractivity contribution < 1.29 is 8.42 Å². The maximum absolute atomic E-state index is 11.3. The minimum Gasteiger partial charge on any atom is -0.309 e. The summed E-state index contributed by atoms with van der Waals surface area (Å²) < 4.78 is 22.7. The van der Waals surface area contributed by atoms with Gasteiger partial charge in [-0.15, -0.1) is 0 Å². The van der Waals surface area contributed by atoms with Gasteiger partial charge in [-0.05, 0) is 48.2 Å². The Hall–Kier alpha value is -1.69. The molecule has 0 aliphatic carbocycles. The summed E-state index contributed by atoms with van der Waals surface area (Å²) in [6, 6.07) is 12.9. The van der Waals surface area contributed by atoms with Crippen LogP contribution in [0.4, 0.5) is 0 Å². The number of rotatable bonds is 5. The fraction of sp³-hybridized carbons (Fsp3) is 0.250. The molecule has 2 aromatic rings. The molecule has 3 N–H and O–H groups in total. The van der Waals surface area contributed by atoms with Crippen LogP contribution in [0.2, 0.25) is 0 Å². The summed E-state index contributed by atoms with van der Waals surface area (Å²) in [6.07, 6.45) is 0. The molecule has 2 aromatic carbocycles. The first kappa shape index (κ1) is 15.7. The van der Waals surface area contributed by atoms with E-state index in [1.165, 1.54) is 22.8 Å². The van der Waals surface area contributed by atoms with Crippen LogP contribution in [-0.4, -0.2) is 8.42 Å². The molecular weight excluding hydrogens is 284 g/mol. The Morgan fingerprint density at radius 2 is 1.62 bits per heavy atom. The average molecular weight is 304 g/mol. The zero-order valence-electron chi connectivity index (χ0n) is 12.3. The van der Waals surface area contributed by atoms with Crippen LogP contribution >= 0.6 is 0 Å². The molecule has 0 saturated heterocycles. The smallest absolute Gasteiger partial charge is 0.238 e. The molecule has 0 heterocycles. The van der Waals surface area contributed by atoms with Crippen LogP contribution in [0, 0.1) is 13.8 Å². The first-order valence-electron chi connectivity index (χ1n) is 6.75. The zero-order chi connectivity index (χ0) is 15.5. The minimum absolute atomic E-state index is 0.147. The fourth-order valence-electron chi connectivity index (χ4n) is 2.29. The average Bonchev–Trinajstić information content (AvgIpc) is 2.41. The van der Waals surface area contributed by atoms with Crippen molar-refractivity contribution in [1.82, 2.24) is 5.32 Å². The largest absolute Gasteiger partial charge is 0.309 e. The molecule has 0 radical (unpaired) electrons. The van der Waals surface area contributed by atoms with E-state index in [-0.39, 0.29) is 4.90 Å². The van der Waals surface area contributed by atoms with E-state index in [0.29, 0.717) is 6.54 Å². The summed E-state index contributed by atoms with van der Waals surface area (Å²) in [5.74, 6) is 0. The molecule has 0 aromatic heterocycles. The molecule has 0 saturated carbocycles. The Morgan fingerprint density at radius 3 is 2.24 bits per heavy atom. The van der Waals surface area contributed by atoms with Gasteiger partial charge in [0.05, 0.1) is 4.90 Å². The van der Waals surface area contributed by atoms with Crippen LogP contribution in [0.25, 0.3) is 0 Å². The molecule has 2 rings (SSSR count). The summed E-state index contributed by atoms with van der Waals surface area (Å²) in [7, 11) is -3.64. The van der Waals surface area contributed by atoms with Crippen LogP contribution in [0.15, 0.2) is 47.4 Å². The second-order valence-electron chi connectivity index (χ2n) is 5.17. The van der Waals surface area contributed by atoms with Gasteiger partial charge >= 0.3 is 0 Å². The third kappa shape index (κ3) is 4.14. The van der Waals surface area contributed by atoms with Gasteiger partial charge in [-0.25, -0.2) is 13.6 Å². The SMILES string of the molecule is Cc1cccc(C)c1CNCc1cccc(S(N)(=O)=O)c1. The lowest BCUT2D eigenvalue weighted by atomic mass is 10.0. The van der Waals surface area contributed by atoms with Crippen molar-refractivity contribution >= 4 is 10.0 Å². The quantitative estimate of drug-likeness (QED) is 0.890. The van der Waals surface area contributed by atoms with E-state index in [9.17, 15) is 8.42 Å². The van der Waals surface area contributed by atoms with Gasteiger partial charge in [-0.3, -0.25) is 0 Å². The Kier molecular flexibility index (Phi) is 4.77. The number of nitrogens with two attached hydrogens (primary N) is 1. The van der Waals surface area contributed by atoms with Gasteiger partial charge in [-0.2, -0.15) is 0 Å². The predicted octanol–water partition coefficient (Wildman–Crippen LogP) is 2.24. The first-order chi connectivity index (χ1) is 9.88. The van der Waals surface area contributed by atoms with Gasteiger partial charge < -0.3 is 5.32 Å². The molecular formula is C16H20N2O2S. The maximum atomic E-state index is 11.3. The monoisotopic (exact) mass is 304 g/mol.